The summed E-state index contributed by atoms with van der Waals surface area (Å²) < 4.78 is 2.49. The van der Waals surface area contributed by atoms with Gasteiger partial charge in [0.15, 0.2) is 0 Å². The van der Waals surface area contributed by atoms with E-state index in [1.165, 1.54) is 21.9 Å². The molecule has 2 nitrogen and oxygen atoms in total. The van der Waals surface area contributed by atoms with E-state index in [9.17, 15) is 5.11 Å². The monoisotopic (exact) mass is 625 g/mol. The average molecular weight is 626 g/mol. The van der Waals surface area contributed by atoms with Crippen molar-refractivity contribution in [2.24, 2.45) is 10.8 Å². The van der Waals surface area contributed by atoms with Crippen molar-refractivity contribution in [1.82, 2.24) is 4.57 Å². The van der Waals surface area contributed by atoms with E-state index < -0.39 is 16.5 Å². The first kappa shape index (κ1) is 33.8. The van der Waals surface area contributed by atoms with Crippen LogP contribution in [-0.2, 0) is 16.4 Å². The molecular weight excluding hydrogens is 570 g/mol. The number of hydrogen-bond acceptors (Lipinski definition) is 1. The SMILES string of the molecule is CCC1(n2c3ccc(C(C)(C)C)cc3c3cc(C(C)(C)C)ccc32)CC(Cl)(C(C)(C)CC(C)(C)C)C=C(c2ccccc2)C1O. The van der Waals surface area contributed by atoms with Crippen LogP contribution in [0.1, 0.15) is 119 Å². The van der Waals surface area contributed by atoms with E-state index in [-0.39, 0.29) is 21.7 Å². The number of allylic oxidation sites excluding steroid dienone is 1. The van der Waals surface area contributed by atoms with E-state index in [0.717, 1.165) is 35.0 Å². The molecule has 0 aliphatic heterocycles. The van der Waals surface area contributed by atoms with Gasteiger partial charge in [0.1, 0.15) is 6.10 Å². The minimum Gasteiger partial charge on any atom is -0.386 e. The number of nitrogens with zero attached hydrogens (tertiary/aromatic N) is 1. The molecular formula is C42H56ClNO. The van der Waals surface area contributed by atoms with E-state index in [4.69, 9.17) is 11.6 Å². The summed E-state index contributed by atoms with van der Waals surface area (Å²) in [6, 6.07) is 24.3. The lowest BCUT2D eigenvalue weighted by Gasteiger charge is -2.54. The molecule has 1 aromatic heterocycles. The number of aromatic nitrogens is 1. The molecule has 0 spiro atoms. The van der Waals surface area contributed by atoms with Crippen molar-refractivity contribution in [3.63, 3.8) is 0 Å². The summed E-state index contributed by atoms with van der Waals surface area (Å²) in [5.41, 5.74) is 6.11. The first-order chi connectivity index (χ1) is 20.6. The number of halogens is 1. The fourth-order valence-corrected chi connectivity index (χ4v) is 8.52. The zero-order chi connectivity index (χ0) is 33.4. The highest BCUT2D eigenvalue weighted by Gasteiger charge is 2.56. The molecule has 45 heavy (non-hydrogen) atoms. The Kier molecular flexibility index (Phi) is 8.28. The maximum atomic E-state index is 12.8. The van der Waals surface area contributed by atoms with Gasteiger partial charge in [-0.15, -0.1) is 11.6 Å². The molecule has 5 rings (SSSR count). The molecule has 0 saturated carbocycles. The second kappa shape index (κ2) is 11.0. The largest absolute Gasteiger partial charge is 0.386 e. The third kappa shape index (κ3) is 5.91. The second-order valence-electron chi connectivity index (χ2n) is 17.8. The van der Waals surface area contributed by atoms with Crippen molar-refractivity contribution < 1.29 is 5.11 Å². The molecule has 3 aromatic carbocycles. The van der Waals surface area contributed by atoms with Gasteiger partial charge in [0, 0.05) is 21.8 Å². The van der Waals surface area contributed by atoms with Gasteiger partial charge in [0.05, 0.1) is 10.4 Å². The van der Waals surface area contributed by atoms with Gasteiger partial charge in [0.25, 0.3) is 0 Å². The standard InChI is InChI=1S/C42H56ClNO/c1-13-41(27-42(43,40(11,12)26-37(2,3)4)25-33(36(41)45)28-17-15-14-16-18-28)44-34-21-19-29(38(5,6)7)23-31(34)32-24-30(39(8,9)10)20-22-35(32)44/h14-25,36,45H,13,26-27H2,1-12H3. The van der Waals surface area contributed by atoms with E-state index in [0.29, 0.717) is 6.42 Å². The van der Waals surface area contributed by atoms with Gasteiger partial charge in [-0.1, -0.05) is 132 Å². The zero-order valence-corrected chi connectivity index (χ0v) is 30.7. The molecule has 1 aliphatic rings. The molecule has 3 atom stereocenters. The summed E-state index contributed by atoms with van der Waals surface area (Å²) in [7, 11) is 0. The molecule has 0 amide bonds. The third-order valence-corrected chi connectivity index (χ3v) is 11.3. The molecule has 3 heteroatoms. The lowest BCUT2D eigenvalue weighted by atomic mass is 9.59. The Bertz CT molecular complexity index is 1670. The third-order valence-electron chi connectivity index (χ3n) is 10.5. The first-order valence-corrected chi connectivity index (χ1v) is 17.3. The van der Waals surface area contributed by atoms with Crippen LogP contribution >= 0.6 is 11.6 Å². The Labute approximate surface area is 277 Å². The first-order valence-electron chi connectivity index (χ1n) is 16.9. The van der Waals surface area contributed by atoms with E-state index >= 15 is 0 Å². The van der Waals surface area contributed by atoms with Gasteiger partial charge in [0.2, 0.25) is 0 Å². The van der Waals surface area contributed by atoms with Gasteiger partial charge < -0.3 is 9.67 Å². The molecule has 0 radical (unpaired) electrons. The Morgan fingerprint density at radius 1 is 0.756 bits per heavy atom. The van der Waals surface area contributed by atoms with Gasteiger partial charge in [-0.3, -0.25) is 0 Å². The number of hydrogen-bond donors (Lipinski definition) is 1. The predicted octanol–water partition coefficient (Wildman–Crippen LogP) is 11.8. The average Bonchev–Trinajstić information content (AvgIpc) is 3.26. The number of alkyl halides is 1. The molecule has 0 bridgehead atoms. The normalized spacial score (nSPS) is 23.5. The smallest absolute Gasteiger partial charge is 0.103 e. The van der Waals surface area contributed by atoms with Crippen LogP contribution in [0.15, 0.2) is 72.8 Å². The molecule has 1 heterocycles. The minimum atomic E-state index is -0.745. The number of rotatable bonds is 5. The Morgan fingerprint density at radius 2 is 1.24 bits per heavy atom. The van der Waals surface area contributed by atoms with Crippen molar-refractivity contribution >= 4 is 39.0 Å². The van der Waals surface area contributed by atoms with E-state index in [1.54, 1.807) is 0 Å². The van der Waals surface area contributed by atoms with Crippen LogP contribution in [0.4, 0.5) is 0 Å². The lowest BCUT2D eigenvalue weighted by molar-refractivity contribution is 0.0340. The van der Waals surface area contributed by atoms with Crippen molar-refractivity contribution in [1.29, 1.82) is 0 Å². The van der Waals surface area contributed by atoms with Crippen molar-refractivity contribution in [3.8, 4) is 0 Å². The summed E-state index contributed by atoms with van der Waals surface area (Å²) in [6.45, 7) is 27.5. The van der Waals surface area contributed by atoms with Gasteiger partial charge in [-0.25, -0.2) is 0 Å². The van der Waals surface area contributed by atoms with Gasteiger partial charge in [-0.2, -0.15) is 0 Å². The Morgan fingerprint density at radius 3 is 1.67 bits per heavy atom. The molecule has 0 fully saturated rings. The van der Waals surface area contributed by atoms with E-state index in [1.807, 2.05) is 6.07 Å². The molecule has 1 aliphatic carbocycles. The fourth-order valence-electron chi connectivity index (χ4n) is 8.10. The van der Waals surface area contributed by atoms with Crippen LogP contribution in [0.25, 0.3) is 27.4 Å². The molecule has 1 N–H and O–H groups in total. The van der Waals surface area contributed by atoms with Crippen LogP contribution in [0, 0.1) is 10.8 Å². The minimum absolute atomic E-state index is 0.0164. The highest BCUT2D eigenvalue weighted by Crippen LogP contribution is 2.58. The topological polar surface area (TPSA) is 25.2 Å². The highest BCUT2D eigenvalue weighted by atomic mass is 35.5. The zero-order valence-electron chi connectivity index (χ0n) is 29.9. The summed E-state index contributed by atoms with van der Waals surface area (Å²) in [5, 5.41) is 15.3. The summed E-state index contributed by atoms with van der Waals surface area (Å²) >= 11 is 8.03. The molecule has 0 saturated heterocycles. The highest BCUT2D eigenvalue weighted by molar-refractivity contribution is 6.26. The number of benzene rings is 3. The van der Waals surface area contributed by atoms with Crippen LogP contribution < -0.4 is 0 Å². The molecule has 4 aromatic rings. The quantitative estimate of drug-likeness (QED) is 0.219. The van der Waals surface area contributed by atoms with Crippen LogP contribution in [0.5, 0.6) is 0 Å². The predicted molar refractivity (Wildman–Crippen MR) is 197 cm³/mol. The van der Waals surface area contributed by atoms with Crippen LogP contribution in [0.2, 0.25) is 0 Å². The number of fused-ring (bicyclic) bond motifs is 3. The number of aliphatic hydroxyl groups excluding tert-OH is 1. The maximum Gasteiger partial charge on any atom is 0.103 e. The summed E-state index contributed by atoms with van der Waals surface area (Å²) in [4.78, 5) is -0.694. The summed E-state index contributed by atoms with van der Waals surface area (Å²) in [6.07, 6.45) is 3.79. The van der Waals surface area contributed by atoms with Crippen molar-refractivity contribution in [3.05, 3.63) is 89.5 Å². The van der Waals surface area contributed by atoms with Crippen LogP contribution in [-0.4, -0.2) is 20.7 Å². The fraction of sp³-hybridized carbons (Fsp3) is 0.524. The maximum absolute atomic E-state index is 12.8. The van der Waals surface area contributed by atoms with E-state index in [2.05, 4.69) is 154 Å². The van der Waals surface area contributed by atoms with Crippen LogP contribution in [0.3, 0.4) is 0 Å². The Balaban J connectivity index is 1.89. The van der Waals surface area contributed by atoms with Crippen molar-refractivity contribution in [2.75, 3.05) is 0 Å². The molecule has 242 valence electrons. The lowest BCUT2D eigenvalue weighted by Crippen LogP contribution is -2.56. The van der Waals surface area contributed by atoms with Crippen molar-refractivity contribution in [2.45, 2.75) is 130 Å². The molecule has 3 unspecified atom stereocenters. The number of aliphatic hydroxyl groups is 1. The van der Waals surface area contributed by atoms with Gasteiger partial charge >= 0.3 is 0 Å². The second-order valence-corrected chi connectivity index (χ2v) is 18.5. The summed E-state index contributed by atoms with van der Waals surface area (Å²) in [5.74, 6) is 0. The Hall–Kier alpha value is -2.55. The van der Waals surface area contributed by atoms with Gasteiger partial charge in [-0.05, 0) is 87.5 Å².